The molecule has 0 amide bonds. The van der Waals surface area contributed by atoms with Crippen molar-refractivity contribution in [2.75, 3.05) is 20.6 Å². The van der Waals surface area contributed by atoms with Gasteiger partial charge in [0.2, 0.25) is 0 Å². The molecule has 3 nitrogen and oxygen atoms in total. The van der Waals surface area contributed by atoms with E-state index in [-0.39, 0.29) is 5.54 Å². The van der Waals surface area contributed by atoms with Gasteiger partial charge in [0.15, 0.2) is 0 Å². The SMILES string of the molecule is CCCNC(Cc1ccncc1Cl)C(CC)(CC)N(C)C. The van der Waals surface area contributed by atoms with Crippen molar-refractivity contribution in [1.29, 1.82) is 0 Å². The lowest BCUT2D eigenvalue weighted by Gasteiger charge is -2.46. The molecule has 0 aromatic carbocycles. The van der Waals surface area contributed by atoms with Crippen molar-refractivity contribution < 1.29 is 0 Å². The molecule has 1 N–H and O–H groups in total. The normalized spacial score (nSPS) is 13.7. The third-order valence-electron chi connectivity index (χ3n) is 4.68. The molecule has 120 valence electrons. The summed E-state index contributed by atoms with van der Waals surface area (Å²) < 4.78 is 0. The molecule has 1 atom stereocenters. The molecule has 0 saturated heterocycles. The number of aromatic nitrogens is 1. The fourth-order valence-electron chi connectivity index (χ4n) is 3.25. The third-order valence-corrected chi connectivity index (χ3v) is 5.03. The monoisotopic (exact) mass is 311 g/mol. The van der Waals surface area contributed by atoms with Gasteiger partial charge in [-0.15, -0.1) is 0 Å². The van der Waals surface area contributed by atoms with Crippen LogP contribution < -0.4 is 5.32 Å². The first-order valence-electron chi connectivity index (χ1n) is 8.01. The minimum Gasteiger partial charge on any atom is -0.312 e. The number of halogens is 1. The Bertz CT molecular complexity index is 416. The molecule has 0 radical (unpaired) electrons. The van der Waals surface area contributed by atoms with E-state index < -0.39 is 0 Å². The van der Waals surface area contributed by atoms with Crippen molar-refractivity contribution in [3.05, 3.63) is 29.0 Å². The summed E-state index contributed by atoms with van der Waals surface area (Å²) >= 11 is 6.31. The average Bonchev–Trinajstić information content (AvgIpc) is 2.48. The van der Waals surface area contributed by atoms with E-state index in [4.69, 9.17) is 11.6 Å². The van der Waals surface area contributed by atoms with Crippen LogP contribution in [0, 0.1) is 0 Å². The summed E-state index contributed by atoms with van der Waals surface area (Å²) in [5.41, 5.74) is 1.32. The van der Waals surface area contributed by atoms with Crippen molar-refractivity contribution in [2.24, 2.45) is 0 Å². The fraction of sp³-hybridized carbons (Fsp3) is 0.706. The van der Waals surface area contributed by atoms with E-state index in [1.54, 1.807) is 6.20 Å². The van der Waals surface area contributed by atoms with Gasteiger partial charge in [0.25, 0.3) is 0 Å². The topological polar surface area (TPSA) is 28.2 Å². The molecule has 0 aliphatic carbocycles. The van der Waals surface area contributed by atoms with E-state index in [9.17, 15) is 0 Å². The van der Waals surface area contributed by atoms with Crippen LogP contribution >= 0.6 is 11.6 Å². The Balaban J connectivity index is 3.06. The largest absolute Gasteiger partial charge is 0.312 e. The highest BCUT2D eigenvalue weighted by molar-refractivity contribution is 6.31. The van der Waals surface area contributed by atoms with Gasteiger partial charge in [-0.3, -0.25) is 4.98 Å². The molecule has 21 heavy (non-hydrogen) atoms. The van der Waals surface area contributed by atoms with E-state index in [1.807, 2.05) is 12.3 Å². The Hall–Kier alpha value is -0.640. The molecule has 1 rings (SSSR count). The summed E-state index contributed by atoms with van der Waals surface area (Å²) in [6, 6.07) is 2.41. The van der Waals surface area contributed by atoms with E-state index in [0.717, 1.165) is 37.3 Å². The van der Waals surface area contributed by atoms with E-state index >= 15 is 0 Å². The van der Waals surface area contributed by atoms with Crippen LogP contribution in [0.1, 0.15) is 45.6 Å². The molecule has 1 unspecified atom stereocenters. The standard InChI is InChI=1S/C17H30ClN3/c1-6-10-20-16(17(7-2,8-3)21(4)5)12-14-9-11-19-13-15(14)18/h9,11,13,16,20H,6-8,10,12H2,1-5H3. The molecule has 0 bridgehead atoms. The Morgan fingerprint density at radius 1 is 1.29 bits per heavy atom. The Kier molecular flexibility index (Phi) is 7.64. The Labute approximate surface area is 135 Å². The second-order valence-electron chi connectivity index (χ2n) is 5.88. The highest BCUT2D eigenvalue weighted by atomic mass is 35.5. The van der Waals surface area contributed by atoms with Gasteiger partial charge in [-0.25, -0.2) is 0 Å². The van der Waals surface area contributed by atoms with Gasteiger partial charge in [-0.1, -0.05) is 32.4 Å². The molecule has 4 heteroatoms. The third kappa shape index (κ3) is 4.41. The summed E-state index contributed by atoms with van der Waals surface area (Å²) in [7, 11) is 4.36. The summed E-state index contributed by atoms with van der Waals surface area (Å²) in [5.74, 6) is 0. The molecule has 1 heterocycles. The molecule has 1 aromatic heterocycles. The van der Waals surface area contributed by atoms with Crippen LogP contribution in [0.25, 0.3) is 0 Å². The molecule has 0 fully saturated rings. The minimum atomic E-state index is 0.141. The van der Waals surface area contributed by atoms with Crippen LogP contribution in [0.15, 0.2) is 18.5 Å². The predicted octanol–water partition coefficient (Wildman–Crippen LogP) is 3.77. The van der Waals surface area contributed by atoms with Gasteiger partial charge in [0.1, 0.15) is 0 Å². The second-order valence-corrected chi connectivity index (χ2v) is 6.29. The van der Waals surface area contributed by atoms with Gasteiger partial charge in [0, 0.05) is 24.0 Å². The van der Waals surface area contributed by atoms with Crippen LogP contribution in [0.4, 0.5) is 0 Å². The highest BCUT2D eigenvalue weighted by Gasteiger charge is 2.37. The smallest absolute Gasteiger partial charge is 0.0621 e. The van der Waals surface area contributed by atoms with Gasteiger partial charge in [-0.05, 0) is 58.0 Å². The molecule has 0 aliphatic rings. The predicted molar refractivity (Wildman–Crippen MR) is 92.0 cm³/mol. The van der Waals surface area contributed by atoms with Crippen molar-refractivity contribution in [3.8, 4) is 0 Å². The van der Waals surface area contributed by atoms with Crippen LogP contribution in [0.5, 0.6) is 0 Å². The first kappa shape index (κ1) is 18.4. The maximum Gasteiger partial charge on any atom is 0.0621 e. The second kappa shape index (κ2) is 8.72. The lowest BCUT2D eigenvalue weighted by atomic mass is 9.80. The number of likely N-dealkylation sites (N-methyl/N-ethyl adjacent to an activating group) is 1. The summed E-state index contributed by atoms with van der Waals surface area (Å²) in [4.78, 5) is 6.46. The molecule has 0 aliphatic heterocycles. The van der Waals surface area contributed by atoms with Gasteiger partial charge in [-0.2, -0.15) is 0 Å². The Morgan fingerprint density at radius 3 is 2.43 bits per heavy atom. The van der Waals surface area contributed by atoms with Crippen LogP contribution in [-0.4, -0.2) is 42.1 Å². The molecular formula is C17H30ClN3. The lowest BCUT2D eigenvalue weighted by Crippen LogP contribution is -2.59. The fourth-order valence-corrected chi connectivity index (χ4v) is 3.44. The maximum atomic E-state index is 6.31. The average molecular weight is 312 g/mol. The van der Waals surface area contributed by atoms with Gasteiger partial charge in [0.05, 0.1) is 5.02 Å². The van der Waals surface area contributed by atoms with Crippen molar-refractivity contribution >= 4 is 11.6 Å². The number of rotatable bonds is 9. The Morgan fingerprint density at radius 2 is 1.95 bits per heavy atom. The minimum absolute atomic E-state index is 0.141. The first-order chi connectivity index (χ1) is 10.0. The zero-order chi connectivity index (χ0) is 15.9. The van der Waals surface area contributed by atoms with Crippen LogP contribution in [0.3, 0.4) is 0 Å². The summed E-state index contributed by atoms with van der Waals surface area (Å²) in [6.07, 6.45) is 7.86. The zero-order valence-corrected chi connectivity index (χ0v) is 14.9. The highest BCUT2D eigenvalue weighted by Crippen LogP contribution is 2.29. The van der Waals surface area contributed by atoms with Gasteiger partial charge < -0.3 is 10.2 Å². The van der Waals surface area contributed by atoms with E-state index in [2.05, 4.69) is 50.1 Å². The first-order valence-corrected chi connectivity index (χ1v) is 8.38. The van der Waals surface area contributed by atoms with E-state index in [1.165, 1.54) is 5.56 Å². The molecule has 0 saturated carbocycles. The number of hydrogen-bond acceptors (Lipinski definition) is 3. The van der Waals surface area contributed by atoms with Crippen molar-refractivity contribution in [1.82, 2.24) is 15.2 Å². The molecule has 0 spiro atoms. The summed E-state index contributed by atoms with van der Waals surface area (Å²) in [5, 5.41) is 4.51. The lowest BCUT2D eigenvalue weighted by molar-refractivity contribution is 0.0881. The van der Waals surface area contributed by atoms with E-state index in [0.29, 0.717) is 6.04 Å². The van der Waals surface area contributed by atoms with Gasteiger partial charge >= 0.3 is 0 Å². The number of hydrogen-bond donors (Lipinski definition) is 1. The maximum absolute atomic E-state index is 6.31. The number of nitrogens with one attached hydrogen (secondary N) is 1. The molecule has 1 aromatic rings. The number of pyridine rings is 1. The van der Waals surface area contributed by atoms with Crippen molar-refractivity contribution in [3.63, 3.8) is 0 Å². The van der Waals surface area contributed by atoms with Crippen molar-refractivity contribution in [2.45, 2.75) is 58.0 Å². The molecular weight excluding hydrogens is 282 g/mol. The number of nitrogens with zero attached hydrogens (tertiary/aromatic N) is 2. The quantitative estimate of drug-likeness (QED) is 0.752. The van der Waals surface area contributed by atoms with Crippen LogP contribution in [0.2, 0.25) is 5.02 Å². The summed E-state index contributed by atoms with van der Waals surface area (Å²) in [6.45, 7) is 7.79. The van der Waals surface area contributed by atoms with Crippen LogP contribution in [-0.2, 0) is 6.42 Å². The zero-order valence-electron chi connectivity index (χ0n) is 14.1.